The van der Waals surface area contributed by atoms with E-state index in [-0.39, 0.29) is 0 Å². The van der Waals surface area contributed by atoms with Gasteiger partial charge in [0.1, 0.15) is 25.5 Å². The third kappa shape index (κ3) is 5.52. The summed E-state index contributed by atoms with van der Waals surface area (Å²) in [5.74, 6) is 0.761. The highest BCUT2D eigenvalue weighted by Gasteiger charge is 2.17. The lowest BCUT2D eigenvalue weighted by atomic mass is 10.0. The standard InChI is InChI=1S/C21H23BN4.C2H6/c1-5-9-13-16(11-7-3)20-25-18-19(22)23-15-24-21(18)26(20)17(12-8-4)14-10-6-2;1-2/h5-15H,1-4H3;1-2H3/b9-5-,10-6-,11-7-,12-8-,16-13+,17-14+;. The molecule has 5 heteroatoms. The molecule has 0 atom stereocenters. The molecule has 0 saturated heterocycles. The van der Waals surface area contributed by atoms with Crippen molar-refractivity contribution in [3.8, 4) is 0 Å². The molecule has 28 heavy (non-hydrogen) atoms. The fourth-order valence-corrected chi connectivity index (χ4v) is 2.50. The van der Waals surface area contributed by atoms with Gasteiger partial charge >= 0.3 is 0 Å². The molecule has 0 N–H and O–H groups in total. The van der Waals surface area contributed by atoms with Gasteiger partial charge in [-0.3, -0.25) is 9.55 Å². The summed E-state index contributed by atoms with van der Waals surface area (Å²) in [5.41, 5.74) is 3.54. The quantitative estimate of drug-likeness (QED) is 0.519. The van der Waals surface area contributed by atoms with Crippen LogP contribution in [0.5, 0.6) is 0 Å². The second kappa shape index (κ2) is 12.4. The molecular formula is C23H29BN4. The molecule has 0 saturated carbocycles. The van der Waals surface area contributed by atoms with Gasteiger partial charge in [0.15, 0.2) is 5.65 Å². The van der Waals surface area contributed by atoms with Crippen LogP contribution in [0.4, 0.5) is 0 Å². The fraction of sp³-hybridized carbons (Fsp3) is 0.261. The molecule has 0 bridgehead atoms. The van der Waals surface area contributed by atoms with E-state index in [4.69, 9.17) is 12.8 Å². The summed E-state index contributed by atoms with van der Waals surface area (Å²) in [5, 5.41) is 0. The second-order valence-corrected chi connectivity index (χ2v) is 5.47. The van der Waals surface area contributed by atoms with Gasteiger partial charge in [0.25, 0.3) is 0 Å². The van der Waals surface area contributed by atoms with Crippen LogP contribution in [0, 0.1) is 0 Å². The summed E-state index contributed by atoms with van der Waals surface area (Å²) in [4.78, 5) is 13.3. The zero-order valence-electron chi connectivity index (χ0n) is 17.7. The van der Waals surface area contributed by atoms with Gasteiger partial charge in [-0.05, 0) is 39.8 Å². The third-order valence-corrected chi connectivity index (χ3v) is 3.60. The van der Waals surface area contributed by atoms with Crippen LogP contribution >= 0.6 is 0 Å². The average Bonchev–Trinajstić information content (AvgIpc) is 3.10. The normalized spacial score (nSPS) is 13.4. The van der Waals surface area contributed by atoms with Crippen molar-refractivity contribution >= 4 is 35.9 Å². The monoisotopic (exact) mass is 372 g/mol. The zero-order valence-corrected chi connectivity index (χ0v) is 17.7. The maximum atomic E-state index is 6.06. The molecule has 144 valence electrons. The van der Waals surface area contributed by atoms with Crippen LogP contribution in [0.1, 0.15) is 47.4 Å². The highest BCUT2D eigenvalue weighted by molar-refractivity contribution is 6.36. The molecule has 2 aromatic rings. The Hall–Kier alpha value is -2.95. The van der Waals surface area contributed by atoms with E-state index >= 15 is 0 Å². The largest absolute Gasteiger partial charge is 0.277 e. The number of fused-ring (bicyclic) bond motifs is 1. The van der Waals surface area contributed by atoms with Crippen LogP contribution in [0.3, 0.4) is 0 Å². The number of aromatic nitrogens is 4. The van der Waals surface area contributed by atoms with Crippen LogP contribution in [0.25, 0.3) is 22.4 Å². The Morgan fingerprint density at radius 2 is 1.54 bits per heavy atom. The van der Waals surface area contributed by atoms with Gasteiger partial charge in [-0.25, -0.2) is 9.97 Å². The van der Waals surface area contributed by atoms with E-state index in [2.05, 4.69) is 9.97 Å². The van der Waals surface area contributed by atoms with Crippen LogP contribution in [-0.2, 0) is 0 Å². The maximum absolute atomic E-state index is 6.06. The second-order valence-electron chi connectivity index (χ2n) is 5.47. The van der Waals surface area contributed by atoms with Crippen molar-refractivity contribution in [2.24, 2.45) is 0 Å². The number of hydrogen-bond acceptors (Lipinski definition) is 3. The molecule has 0 aliphatic rings. The van der Waals surface area contributed by atoms with Crippen molar-refractivity contribution in [2.45, 2.75) is 41.5 Å². The Morgan fingerprint density at radius 1 is 0.893 bits per heavy atom. The third-order valence-electron chi connectivity index (χ3n) is 3.60. The SMILES string of the molecule is CC.[B]c1ncnc2c1nc(C(/C=C\C)=C/C=C\C)n2C(/C=C\C)=C/C=C\C. The van der Waals surface area contributed by atoms with E-state index in [0.717, 1.165) is 17.1 Å². The van der Waals surface area contributed by atoms with Crippen LogP contribution in [0.2, 0.25) is 0 Å². The van der Waals surface area contributed by atoms with Crippen molar-refractivity contribution < 1.29 is 0 Å². The number of imidazole rings is 1. The van der Waals surface area contributed by atoms with Gasteiger partial charge in [-0.1, -0.05) is 62.5 Å². The van der Waals surface area contributed by atoms with E-state index in [0.29, 0.717) is 16.8 Å². The summed E-state index contributed by atoms with van der Waals surface area (Å²) < 4.78 is 2.00. The minimum absolute atomic E-state index is 0.367. The average molecular weight is 372 g/mol. The lowest BCUT2D eigenvalue weighted by molar-refractivity contribution is 1.07. The first-order chi connectivity index (χ1) is 13.7. The first-order valence-electron chi connectivity index (χ1n) is 9.58. The lowest BCUT2D eigenvalue weighted by Gasteiger charge is -2.10. The van der Waals surface area contributed by atoms with Crippen molar-refractivity contribution in [3.05, 3.63) is 72.9 Å². The molecule has 0 aliphatic carbocycles. The number of rotatable bonds is 6. The van der Waals surface area contributed by atoms with Crippen molar-refractivity contribution in [1.29, 1.82) is 0 Å². The molecule has 0 unspecified atom stereocenters. The molecule has 0 amide bonds. The smallest absolute Gasteiger partial charge is 0.167 e. The Bertz CT molecular complexity index is 941. The topological polar surface area (TPSA) is 43.6 Å². The van der Waals surface area contributed by atoms with Crippen LogP contribution < -0.4 is 5.59 Å². The van der Waals surface area contributed by atoms with Gasteiger partial charge < -0.3 is 0 Å². The molecule has 0 aliphatic heterocycles. The summed E-state index contributed by atoms with van der Waals surface area (Å²) in [6.07, 6.45) is 21.4. The van der Waals surface area contributed by atoms with E-state index in [9.17, 15) is 0 Å². The Balaban J connectivity index is 0.00000190. The first kappa shape index (κ1) is 23.1. The molecule has 0 spiro atoms. The maximum Gasteiger partial charge on any atom is 0.167 e. The Labute approximate surface area is 170 Å². The lowest BCUT2D eigenvalue weighted by Crippen LogP contribution is -2.10. The van der Waals surface area contributed by atoms with Gasteiger partial charge in [-0.15, -0.1) is 0 Å². The van der Waals surface area contributed by atoms with E-state index in [1.54, 1.807) is 0 Å². The van der Waals surface area contributed by atoms with E-state index < -0.39 is 0 Å². The molecule has 2 aromatic heterocycles. The van der Waals surface area contributed by atoms with E-state index in [1.807, 2.05) is 107 Å². The predicted molar refractivity (Wildman–Crippen MR) is 124 cm³/mol. The molecule has 2 radical (unpaired) electrons. The minimum Gasteiger partial charge on any atom is -0.277 e. The van der Waals surface area contributed by atoms with Gasteiger partial charge in [0, 0.05) is 16.9 Å². The molecule has 2 rings (SSSR count). The summed E-state index contributed by atoms with van der Waals surface area (Å²) >= 11 is 0. The minimum atomic E-state index is 0.367. The number of nitrogens with zero attached hydrogens (tertiary/aromatic N) is 4. The van der Waals surface area contributed by atoms with Gasteiger partial charge in [0.2, 0.25) is 0 Å². The summed E-state index contributed by atoms with van der Waals surface area (Å²) in [6, 6.07) is 0. The van der Waals surface area contributed by atoms with Crippen molar-refractivity contribution in [3.63, 3.8) is 0 Å². The van der Waals surface area contributed by atoms with Crippen LogP contribution in [0.15, 0.2) is 67.1 Å². The summed E-state index contributed by atoms with van der Waals surface area (Å²) in [7, 11) is 6.06. The number of hydrogen-bond donors (Lipinski definition) is 0. The molecule has 4 nitrogen and oxygen atoms in total. The van der Waals surface area contributed by atoms with Gasteiger partial charge in [-0.2, -0.15) is 0 Å². The van der Waals surface area contributed by atoms with Crippen molar-refractivity contribution in [1.82, 2.24) is 19.5 Å². The van der Waals surface area contributed by atoms with Crippen LogP contribution in [-0.4, -0.2) is 27.4 Å². The highest BCUT2D eigenvalue weighted by atomic mass is 15.1. The Kier molecular flexibility index (Phi) is 10.3. The first-order valence-corrected chi connectivity index (χ1v) is 9.58. The molecule has 0 aromatic carbocycles. The fourth-order valence-electron chi connectivity index (χ4n) is 2.50. The molecule has 0 fully saturated rings. The highest BCUT2D eigenvalue weighted by Crippen LogP contribution is 2.25. The number of allylic oxidation sites excluding steroid dienone is 12. The zero-order chi connectivity index (χ0) is 20.9. The van der Waals surface area contributed by atoms with Crippen molar-refractivity contribution in [2.75, 3.05) is 0 Å². The molecular weight excluding hydrogens is 343 g/mol. The van der Waals surface area contributed by atoms with E-state index in [1.165, 1.54) is 6.33 Å². The predicted octanol–water partition coefficient (Wildman–Crippen LogP) is 5.18. The summed E-state index contributed by atoms with van der Waals surface area (Å²) in [6.45, 7) is 11.9. The van der Waals surface area contributed by atoms with Gasteiger partial charge in [0.05, 0.1) is 0 Å². The Morgan fingerprint density at radius 3 is 2.14 bits per heavy atom. The molecule has 2 heterocycles.